The molecule has 0 saturated carbocycles. The number of nitrogens with zero attached hydrogens (tertiary/aromatic N) is 2. The second-order valence-corrected chi connectivity index (χ2v) is 8.76. The van der Waals surface area contributed by atoms with Gasteiger partial charge in [-0.2, -0.15) is 0 Å². The quantitative estimate of drug-likeness (QED) is 0.526. The lowest BCUT2D eigenvalue weighted by atomic mass is 10.0. The summed E-state index contributed by atoms with van der Waals surface area (Å²) >= 11 is 0. The Kier molecular flexibility index (Phi) is 7.30. The zero-order valence-corrected chi connectivity index (χ0v) is 19.8. The number of anilines is 3. The van der Waals surface area contributed by atoms with Gasteiger partial charge in [-0.05, 0) is 67.4 Å². The minimum Gasteiger partial charge on any atom is -0.370 e. The first-order valence-corrected chi connectivity index (χ1v) is 11.8. The molecule has 0 spiro atoms. The van der Waals surface area contributed by atoms with Gasteiger partial charge >= 0.3 is 0 Å². The number of hydrogen-bond acceptors (Lipinski definition) is 4. The molecule has 3 aromatic rings. The Bertz CT molecular complexity index is 1060. The summed E-state index contributed by atoms with van der Waals surface area (Å²) in [4.78, 5) is 18.3. The van der Waals surface area contributed by atoms with Gasteiger partial charge in [0.25, 0.3) is 5.91 Å². The number of benzene rings is 3. The number of hydrogen-bond donors (Lipinski definition) is 2. The Hall–Kier alpha value is -3.31. The lowest BCUT2D eigenvalue weighted by molar-refractivity contribution is -0.117. The van der Waals surface area contributed by atoms with Gasteiger partial charge in [-0.25, -0.2) is 0 Å². The molecule has 0 unspecified atom stereocenters. The van der Waals surface area contributed by atoms with Crippen LogP contribution in [0.2, 0.25) is 0 Å². The van der Waals surface area contributed by atoms with Crippen LogP contribution in [0.15, 0.2) is 72.8 Å². The second kappa shape index (κ2) is 10.5. The van der Waals surface area contributed by atoms with Gasteiger partial charge in [-0.3, -0.25) is 4.79 Å². The first-order valence-electron chi connectivity index (χ1n) is 11.8. The van der Waals surface area contributed by atoms with E-state index >= 15 is 0 Å². The van der Waals surface area contributed by atoms with Crippen LogP contribution in [-0.4, -0.2) is 43.5 Å². The summed E-state index contributed by atoms with van der Waals surface area (Å²) in [7, 11) is 0. The van der Waals surface area contributed by atoms with Gasteiger partial charge in [0.1, 0.15) is 6.04 Å². The van der Waals surface area contributed by atoms with E-state index in [1.165, 1.54) is 5.69 Å². The first-order chi connectivity index (χ1) is 16.0. The van der Waals surface area contributed by atoms with Crippen LogP contribution in [0.25, 0.3) is 0 Å². The minimum absolute atomic E-state index is 0.0744. The molecule has 0 aliphatic carbocycles. The maximum absolute atomic E-state index is 13.4. The SMILES string of the molecule is CCN1CCN(c2ccc(N[C@@H](C(=O)Nc3cc(C)ccc3C)c3ccccc3)cc2)CC1. The van der Waals surface area contributed by atoms with E-state index in [2.05, 4.69) is 57.7 Å². The summed E-state index contributed by atoms with van der Waals surface area (Å²) in [5, 5.41) is 6.59. The average Bonchev–Trinajstić information content (AvgIpc) is 2.85. The van der Waals surface area contributed by atoms with E-state index in [1.807, 2.05) is 56.3 Å². The van der Waals surface area contributed by atoms with Gasteiger partial charge in [0.05, 0.1) is 0 Å². The maximum atomic E-state index is 13.4. The smallest absolute Gasteiger partial charge is 0.251 e. The largest absolute Gasteiger partial charge is 0.370 e. The Balaban J connectivity index is 1.50. The van der Waals surface area contributed by atoms with Crippen molar-refractivity contribution in [2.24, 2.45) is 0 Å². The number of amides is 1. The lowest BCUT2D eigenvalue weighted by Crippen LogP contribution is -2.46. The highest BCUT2D eigenvalue weighted by Gasteiger charge is 2.22. The zero-order chi connectivity index (χ0) is 23.2. The number of nitrogens with one attached hydrogen (secondary N) is 2. The summed E-state index contributed by atoms with van der Waals surface area (Å²) in [5.41, 5.74) is 6.11. The Labute approximate surface area is 197 Å². The van der Waals surface area contributed by atoms with Crippen molar-refractivity contribution >= 4 is 23.0 Å². The minimum atomic E-state index is -0.495. The van der Waals surface area contributed by atoms with Crippen molar-refractivity contribution in [2.45, 2.75) is 26.8 Å². The van der Waals surface area contributed by atoms with Crippen molar-refractivity contribution in [3.05, 3.63) is 89.5 Å². The van der Waals surface area contributed by atoms with Crippen molar-refractivity contribution in [3.63, 3.8) is 0 Å². The van der Waals surface area contributed by atoms with Gasteiger partial charge in [0, 0.05) is 43.2 Å². The van der Waals surface area contributed by atoms with Gasteiger partial charge < -0.3 is 20.4 Å². The zero-order valence-electron chi connectivity index (χ0n) is 19.8. The van der Waals surface area contributed by atoms with E-state index in [0.29, 0.717) is 0 Å². The number of carbonyl (C=O) groups excluding carboxylic acids is 1. The topological polar surface area (TPSA) is 47.6 Å². The summed E-state index contributed by atoms with van der Waals surface area (Å²) in [6, 6.07) is 23.9. The molecule has 1 aliphatic rings. The maximum Gasteiger partial charge on any atom is 0.251 e. The Morgan fingerprint density at radius 1 is 0.909 bits per heavy atom. The van der Waals surface area contributed by atoms with Gasteiger partial charge in [-0.1, -0.05) is 49.4 Å². The fourth-order valence-corrected chi connectivity index (χ4v) is 4.28. The lowest BCUT2D eigenvalue weighted by Gasteiger charge is -2.35. The van der Waals surface area contributed by atoms with E-state index < -0.39 is 6.04 Å². The van der Waals surface area contributed by atoms with Crippen LogP contribution in [0.4, 0.5) is 17.1 Å². The summed E-state index contributed by atoms with van der Waals surface area (Å²) < 4.78 is 0. The number of piperazine rings is 1. The Morgan fingerprint density at radius 2 is 1.61 bits per heavy atom. The van der Waals surface area contributed by atoms with E-state index in [0.717, 1.165) is 60.8 Å². The number of likely N-dealkylation sites (N-methyl/N-ethyl adjacent to an activating group) is 1. The van der Waals surface area contributed by atoms with Crippen LogP contribution in [0.3, 0.4) is 0 Å². The summed E-state index contributed by atoms with van der Waals surface area (Å²) in [6.07, 6.45) is 0. The third-order valence-electron chi connectivity index (χ3n) is 6.41. The molecular weight excluding hydrogens is 408 g/mol. The van der Waals surface area contributed by atoms with Crippen LogP contribution in [-0.2, 0) is 4.79 Å². The molecule has 172 valence electrons. The van der Waals surface area contributed by atoms with Crippen molar-refractivity contribution < 1.29 is 4.79 Å². The standard InChI is InChI=1S/C28H34N4O/c1-4-31-16-18-32(19-17-31)25-14-12-24(13-15-25)29-27(23-8-6-5-7-9-23)28(33)30-26-20-21(2)10-11-22(26)3/h5-15,20,27,29H,4,16-19H2,1-3H3,(H,30,33)/t27-/m1/s1. The molecule has 0 bridgehead atoms. The fraction of sp³-hybridized carbons (Fsp3) is 0.321. The van der Waals surface area contributed by atoms with Crippen LogP contribution in [0.5, 0.6) is 0 Å². The average molecular weight is 443 g/mol. The third kappa shape index (κ3) is 5.74. The van der Waals surface area contributed by atoms with Crippen molar-refractivity contribution in [1.29, 1.82) is 0 Å². The molecule has 2 N–H and O–H groups in total. The Morgan fingerprint density at radius 3 is 2.27 bits per heavy atom. The van der Waals surface area contributed by atoms with Crippen LogP contribution < -0.4 is 15.5 Å². The molecule has 33 heavy (non-hydrogen) atoms. The van der Waals surface area contributed by atoms with Crippen molar-refractivity contribution in [1.82, 2.24) is 4.90 Å². The van der Waals surface area contributed by atoms with Crippen molar-refractivity contribution in [2.75, 3.05) is 48.3 Å². The molecule has 5 heteroatoms. The highest BCUT2D eigenvalue weighted by Crippen LogP contribution is 2.26. The van der Waals surface area contributed by atoms with E-state index in [1.54, 1.807) is 0 Å². The van der Waals surface area contributed by atoms with E-state index in [9.17, 15) is 4.79 Å². The molecule has 1 amide bonds. The van der Waals surface area contributed by atoms with Gasteiger partial charge in [0.2, 0.25) is 0 Å². The molecule has 1 saturated heterocycles. The third-order valence-corrected chi connectivity index (χ3v) is 6.41. The molecule has 1 fully saturated rings. The number of rotatable bonds is 7. The normalized spacial score (nSPS) is 15.2. The van der Waals surface area contributed by atoms with E-state index in [4.69, 9.17) is 0 Å². The molecular formula is C28H34N4O. The second-order valence-electron chi connectivity index (χ2n) is 8.76. The predicted octanol–water partition coefficient (Wildman–Crippen LogP) is 5.24. The first kappa shape index (κ1) is 22.9. The predicted molar refractivity (Wildman–Crippen MR) is 138 cm³/mol. The van der Waals surface area contributed by atoms with E-state index in [-0.39, 0.29) is 5.91 Å². The highest BCUT2D eigenvalue weighted by atomic mass is 16.2. The summed E-state index contributed by atoms with van der Waals surface area (Å²) in [5.74, 6) is -0.0744. The highest BCUT2D eigenvalue weighted by molar-refractivity contribution is 5.98. The monoisotopic (exact) mass is 442 g/mol. The molecule has 1 aliphatic heterocycles. The van der Waals surface area contributed by atoms with Gasteiger partial charge in [-0.15, -0.1) is 0 Å². The summed E-state index contributed by atoms with van der Waals surface area (Å²) in [6.45, 7) is 11.7. The molecule has 0 radical (unpaired) electrons. The van der Waals surface area contributed by atoms with Gasteiger partial charge in [0.15, 0.2) is 0 Å². The fourth-order valence-electron chi connectivity index (χ4n) is 4.28. The molecule has 5 nitrogen and oxygen atoms in total. The molecule has 1 atom stereocenters. The van der Waals surface area contributed by atoms with Crippen LogP contribution in [0.1, 0.15) is 29.7 Å². The number of carbonyl (C=O) groups is 1. The molecule has 4 rings (SSSR count). The van der Waals surface area contributed by atoms with Crippen LogP contribution in [0, 0.1) is 13.8 Å². The van der Waals surface area contributed by atoms with Crippen LogP contribution >= 0.6 is 0 Å². The molecule has 0 aromatic heterocycles. The molecule has 1 heterocycles. The van der Waals surface area contributed by atoms with Crippen molar-refractivity contribution in [3.8, 4) is 0 Å². The number of aryl methyl sites for hydroxylation is 2. The molecule has 3 aromatic carbocycles.